The molecular weight excluding hydrogens is 340 g/mol. The Balaban J connectivity index is 1.28. The van der Waals surface area contributed by atoms with Gasteiger partial charge < -0.3 is 14.9 Å². The van der Waals surface area contributed by atoms with Gasteiger partial charge in [-0.05, 0) is 23.3 Å². The average Bonchev–Trinajstić information content (AvgIpc) is 3.33. The summed E-state index contributed by atoms with van der Waals surface area (Å²) in [6.45, 7) is 0.0351. The second kappa shape index (κ2) is 6.38. The van der Waals surface area contributed by atoms with E-state index in [1.165, 1.54) is 0 Å². The Hall–Kier alpha value is -3.00. The molecule has 3 aliphatic heterocycles. The van der Waals surface area contributed by atoms with Gasteiger partial charge in [0.05, 0.1) is 6.42 Å². The van der Waals surface area contributed by atoms with Crippen molar-refractivity contribution in [1.29, 1.82) is 0 Å². The lowest BCUT2D eigenvalue weighted by molar-refractivity contribution is -0.197. The van der Waals surface area contributed by atoms with Crippen molar-refractivity contribution in [3.8, 4) is 0 Å². The summed E-state index contributed by atoms with van der Waals surface area (Å²) in [5.74, 6) is -2.13. The third-order valence-electron chi connectivity index (χ3n) is 4.53. The van der Waals surface area contributed by atoms with Crippen molar-refractivity contribution in [2.45, 2.75) is 31.5 Å². The summed E-state index contributed by atoms with van der Waals surface area (Å²) in [6, 6.07) is 5.38. The van der Waals surface area contributed by atoms with Crippen molar-refractivity contribution in [2.75, 3.05) is 6.54 Å². The van der Waals surface area contributed by atoms with E-state index in [1.807, 2.05) is 18.2 Å². The summed E-state index contributed by atoms with van der Waals surface area (Å²) in [7, 11) is 0. The van der Waals surface area contributed by atoms with E-state index in [2.05, 4.69) is 5.32 Å². The van der Waals surface area contributed by atoms with Crippen LogP contribution in [0.5, 0.6) is 0 Å². The molecule has 3 heterocycles. The number of hydrogen-bond acceptors (Lipinski definition) is 6. The number of benzene rings is 1. The van der Waals surface area contributed by atoms with Crippen LogP contribution in [0.25, 0.3) is 0 Å². The first-order valence-corrected chi connectivity index (χ1v) is 8.35. The quantitative estimate of drug-likeness (QED) is 0.626. The largest absolute Gasteiger partial charge is 0.357 e. The van der Waals surface area contributed by atoms with E-state index in [0.29, 0.717) is 10.6 Å². The van der Waals surface area contributed by atoms with Gasteiger partial charge in [0, 0.05) is 24.9 Å². The maximum absolute atomic E-state index is 12.2. The topological polar surface area (TPSA) is 102 Å². The average molecular weight is 356 g/mol. The molecule has 4 rings (SSSR count). The summed E-state index contributed by atoms with van der Waals surface area (Å²) in [4.78, 5) is 51.4. The van der Waals surface area contributed by atoms with Crippen LogP contribution in [0.3, 0.4) is 0 Å². The Morgan fingerprint density at radius 2 is 1.81 bits per heavy atom. The van der Waals surface area contributed by atoms with E-state index < -0.39 is 17.8 Å². The lowest BCUT2D eigenvalue weighted by Crippen LogP contribution is -2.33. The highest BCUT2D eigenvalue weighted by molar-refractivity contribution is 6.01. The number of fused-ring (bicyclic) bond motifs is 5. The molecule has 8 nitrogen and oxygen atoms in total. The van der Waals surface area contributed by atoms with Gasteiger partial charge in [-0.3, -0.25) is 14.4 Å². The van der Waals surface area contributed by atoms with E-state index in [1.54, 1.807) is 12.1 Å². The predicted molar refractivity (Wildman–Crippen MR) is 86.3 cm³/mol. The Bertz CT molecular complexity index is 830. The van der Waals surface area contributed by atoms with Crippen LogP contribution in [0.2, 0.25) is 0 Å². The molecule has 2 bridgehead atoms. The van der Waals surface area contributed by atoms with Crippen LogP contribution in [0.1, 0.15) is 53.0 Å². The lowest BCUT2D eigenvalue weighted by atomic mass is 9.95. The van der Waals surface area contributed by atoms with Crippen LogP contribution < -0.4 is 5.32 Å². The number of imide groups is 1. The van der Waals surface area contributed by atoms with Crippen LogP contribution in [-0.2, 0) is 24.0 Å². The highest BCUT2D eigenvalue weighted by atomic mass is 16.7. The lowest BCUT2D eigenvalue weighted by Gasteiger charge is -2.13. The van der Waals surface area contributed by atoms with Gasteiger partial charge in [0.25, 0.3) is 17.7 Å². The Labute approximate surface area is 148 Å². The number of rotatable bonds is 5. The van der Waals surface area contributed by atoms with Gasteiger partial charge in [0.15, 0.2) is 0 Å². The standard InChI is InChI=1S/C18H16N2O6/c21-15-5-6-16(22)20(15)26-17(23)7-8-19-18(24)10-1-2-11-12(9-10)14-4-3-13(11)25-14/h1-4,9,13-14H,5-8H2,(H,19,24). The van der Waals surface area contributed by atoms with Crippen LogP contribution in [0.4, 0.5) is 0 Å². The first-order valence-electron chi connectivity index (χ1n) is 8.35. The molecule has 3 amide bonds. The minimum absolute atomic E-state index is 0.0297. The van der Waals surface area contributed by atoms with E-state index in [9.17, 15) is 19.2 Å². The summed E-state index contributed by atoms with van der Waals surface area (Å²) < 4.78 is 5.71. The van der Waals surface area contributed by atoms with Gasteiger partial charge in [-0.25, -0.2) is 4.79 Å². The maximum Gasteiger partial charge on any atom is 0.334 e. The van der Waals surface area contributed by atoms with Crippen molar-refractivity contribution < 1.29 is 28.8 Å². The predicted octanol–water partition coefficient (Wildman–Crippen LogP) is 1.10. The molecule has 2 atom stereocenters. The molecule has 1 saturated heterocycles. The molecule has 0 saturated carbocycles. The maximum atomic E-state index is 12.2. The van der Waals surface area contributed by atoms with Crippen molar-refractivity contribution in [3.05, 3.63) is 47.0 Å². The molecule has 3 aliphatic rings. The zero-order chi connectivity index (χ0) is 18.3. The molecule has 1 fully saturated rings. The zero-order valence-electron chi connectivity index (χ0n) is 13.8. The van der Waals surface area contributed by atoms with Crippen LogP contribution in [0.15, 0.2) is 30.4 Å². The number of ether oxygens (including phenoxy) is 1. The normalized spacial score (nSPS) is 22.7. The molecule has 0 spiro atoms. The van der Waals surface area contributed by atoms with Crippen molar-refractivity contribution >= 4 is 23.7 Å². The molecule has 1 aromatic rings. The summed E-state index contributed by atoms with van der Waals surface area (Å²) in [5.41, 5.74) is 2.53. The molecule has 134 valence electrons. The van der Waals surface area contributed by atoms with E-state index >= 15 is 0 Å². The van der Waals surface area contributed by atoms with Gasteiger partial charge in [-0.2, -0.15) is 0 Å². The fourth-order valence-electron chi connectivity index (χ4n) is 3.21. The van der Waals surface area contributed by atoms with Crippen LogP contribution in [0, 0.1) is 0 Å². The molecule has 8 heteroatoms. The minimum atomic E-state index is -0.751. The summed E-state index contributed by atoms with van der Waals surface area (Å²) in [6.07, 6.45) is 3.76. The van der Waals surface area contributed by atoms with Gasteiger partial charge in [0.2, 0.25) is 0 Å². The van der Waals surface area contributed by atoms with Crippen molar-refractivity contribution in [2.24, 2.45) is 0 Å². The Morgan fingerprint density at radius 1 is 1.12 bits per heavy atom. The van der Waals surface area contributed by atoms with E-state index in [0.717, 1.165) is 11.1 Å². The molecule has 1 aromatic carbocycles. The minimum Gasteiger partial charge on any atom is -0.357 e. The van der Waals surface area contributed by atoms with Gasteiger partial charge in [-0.15, -0.1) is 5.06 Å². The third kappa shape index (κ3) is 2.88. The smallest absolute Gasteiger partial charge is 0.334 e. The number of nitrogens with zero attached hydrogens (tertiary/aromatic N) is 1. The molecular formula is C18H16N2O6. The number of hydrogen-bond donors (Lipinski definition) is 1. The first kappa shape index (κ1) is 16.5. The van der Waals surface area contributed by atoms with Gasteiger partial charge in [0.1, 0.15) is 12.2 Å². The Kier molecular flexibility index (Phi) is 4.04. The third-order valence-corrected chi connectivity index (χ3v) is 4.53. The highest BCUT2D eigenvalue weighted by Crippen LogP contribution is 2.45. The van der Waals surface area contributed by atoms with Gasteiger partial charge in [-0.1, -0.05) is 18.2 Å². The van der Waals surface area contributed by atoms with Crippen molar-refractivity contribution in [3.63, 3.8) is 0 Å². The second-order valence-electron chi connectivity index (χ2n) is 6.26. The SMILES string of the molecule is O=C(CCNC(=O)c1ccc2c(c1)C1C=CC2O1)ON1C(=O)CCC1=O. The Morgan fingerprint density at radius 3 is 2.54 bits per heavy atom. The van der Waals surface area contributed by atoms with Crippen LogP contribution in [-0.4, -0.2) is 35.3 Å². The molecule has 0 aliphatic carbocycles. The van der Waals surface area contributed by atoms with Crippen molar-refractivity contribution in [1.82, 2.24) is 10.4 Å². The number of nitrogens with one attached hydrogen (secondary N) is 1. The number of amides is 3. The molecule has 0 radical (unpaired) electrons. The fourth-order valence-corrected chi connectivity index (χ4v) is 3.21. The second-order valence-corrected chi connectivity index (χ2v) is 6.26. The zero-order valence-corrected chi connectivity index (χ0v) is 13.8. The summed E-state index contributed by atoms with van der Waals surface area (Å²) in [5, 5.41) is 3.12. The van der Waals surface area contributed by atoms with Gasteiger partial charge >= 0.3 is 5.97 Å². The molecule has 0 aromatic heterocycles. The number of carbonyl (C=O) groups excluding carboxylic acids is 4. The molecule has 26 heavy (non-hydrogen) atoms. The van der Waals surface area contributed by atoms with E-state index in [4.69, 9.17) is 9.57 Å². The summed E-state index contributed by atoms with van der Waals surface area (Å²) >= 11 is 0. The number of carbonyl (C=O) groups is 4. The monoisotopic (exact) mass is 356 g/mol. The molecule has 2 unspecified atom stereocenters. The molecule has 1 N–H and O–H groups in total. The highest BCUT2D eigenvalue weighted by Gasteiger charge is 2.34. The van der Waals surface area contributed by atoms with Crippen LogP contribution >= 0.6 is 0 Å². The van der Waals surface area contributed by atoms with E-state index in [-0.39, 0.29) is 43.9 Å². The first-order chi connectivity index (χ1) is 12.5. The fraction of sp³-hybridized carbons (Fsp3) is 0.333. The number of hydroxylamine groups is 2.